The second-order valence-electron chi connectivity index (χ2n) is 12.8. The summed E-state index contributed by atoms with van der Waals surface area (Å²) < 4.78 is 36.8. The zero-order chi connectivity index (χ0) is 30.1. The van der Waals surface area contributed by atoms with E-state index < -0.39 is 59.1 Å². The van der Waals surface area contributed by atoms with E-state index in [0.29, 0.717) is 11.3 Å². The Kier molecular flexibility index (Phi) is 6.82. The molecule has 0 aromatic carbocycles. The van der Waals surface area contributed by atoms with Crippen LogP contribution in [0.25, 0.3) is 11.2 Å². The number of aromatic nitrogens is 4. The molecule has 0 bridgehead atoms. The molecule has 14 nitrogen and oxygen atoms in total. The van der Waals surface area contributed by atoms with Crippen molar-refractivity contribution in [3.63, 3.8) is 0 Å². The lowest BCUT2D eigenvalue weighted by Gasteiger charge is -2.28. The van der Waals surface area contributed by atoms with Gasteiger partial charge in [-0.15, -0.1) is 0 Å². The molecule has 1 spiro atoms. The Balaban J connectivity index is 1.54. The Morgan fingerprint density at radius 3 is 2.22 bits per heavy atom. The Bertz CT molecular complexity index is 1350. The van der Waals surface area contributed by atoms with Crippen LogP contribution in [0.15, 0.2) is 12.7 Å². The fourth-order valence-electron chi connectivity index (χ4n) is 5.23. The molecule has 0 radical (unpaired) electrons. The highest BCUT2D eigenvalue weighted by molar-refractivity contribution is 6.12. The smallest absolute Gasteiger partial charge is 0.425 e. The maximum absolute atomic E-state index is 13.3. The predicted molar refractivity (Wildman–Crippen MR) is 142 cm³/mol. The van der Waals surface area contributed by atoms with E-state index in [1.54, 1.807) is 66.9 Å². The number of imidazole rings is 1. The number of esters is 1. The number of amides is 2. The lowest BCUT2D eigenvalue weighted by molar-refractivity contribution is -0.205. The van der Waals surface area contributed by atoms with E-state index in [1.807, 2.05) is 0 Å². The van der Waals surface area contributed by atoms with E-state index in [0.717, 1.165) is 0 Å². The van der Waals surface area contributed by atoms with Crippen molar-refractivity contribution in [2.24, 2.45) is 5.92 Å². The first-order valence-electron chi connectivity index (χ1n) is 13.6. The highest BCUT2D eigenvalue weighted by Gasteiger charge is 2.76. The van der Waals surface area contributed by atoms with Crippen molar-refractivity contribution in [1.82, 2.24) is 19.5 Å². The van der Waals surface area contributed by atoms with Gasteiger partial charge in [0.1, 0.15) is 35.3 Å². The van der Waals surface area contributed by atoms with Crippen molar-refractivity contribution in [2.75, 3.05) is 11.5 Å². The van der Waals surface area contributed by atoms with Crippen LogP contribution >= 0.6 is 0 Å². The number of fused-ring (bicyclic) bond motifs is 3. The average Bonchev–Trinajstić information content (AvgIpc) is 3.06. The molecule has 5 rings (SSSR count). The number of ether oxygens (including phenoxy) is 6. The molecular formula is C27H37N5O9. The maximum atomic E-state index is 13.3. The fraction of sp³-hybridized carbons (Fsp3) is 0.704. The minimum absolute atomic E-state index is 0.124. The van der Waals surface area contributed by atoms with Crippen molar-refractivity contribution in [2.45, 2.75) is 110 Å². The SMILES string of the molecule is CCOC(=O)C1CC12O[C@@H](n1cnc3c(N(C(=O)OC(C)(C)C)C(=O)OC(C)(C)C)ncnc31)[C@@H]1OC(C)(C)O[C@@H]12. The molecule has 2 saturated heterocycles. The maximum Gasteiger partial charge on any atom is 0.425 e. The van der Waals surface area contributed by atoms with E-state index in [2.05, 4.69) is 15.0 Å². The average molecular weight is 576 g/mol. The van der Waals surface area contributed by atoms with Crippen LogP contribution in [-0.2, 0) is 33.2 Å². The summed E-state index contributed by atoms with van der Waals surface area (Å²) in [6.07, 6.45) is -0.824. The van der Waals surface area contributed by atoms with Gasteiger partial charge in [-0.3, -0.25) is 9.36 Å². The summed E-state index contributed by atoms with van der Waals surface area (Å²) in [4.78, 5) is 52.9. The molecule has 3 aliphatic rings. The lowest BCUT2D eigenvalue weighted by atomic mass is 10.1. The second kappa shape index (κ2) is 9.60. The molecule has 2 aliphatic heterocycles. The van der Waals surface area contributed by atoms with Gasteiger partial charge in [0.25, 0.3) is 0 Å². The van der Waals surface area contributed by atoms with E-state index in [9.17, 15) is 14.4 Å². The van der Waals surface area contributed by atoms with Gasteiger partial charge in [0.05, 0.1) is 18.9 Å². The van der Waals surface area contributed by atoms with Crippen LogP contribution in [0.3, 0.4) is 0 Å². The number of hydrogen-bond acceptors (Lipinski definition) is 12. The Hall–Kier alpha value is -3.36. The van der Waals surface area contributed by atoms with Crippen molar-refractivity contribution < 1.29 is 42.8 Å². The topological polar surface area (TPSA) is 153 Å². The molecule has 5 atom stereocenters. The standard InChI is InChI=1S/C27H37N5O9/c1-10-36-21(33)14-11-27(14)17-16(37-26(8,9)38-17)20(39-27)31-13-30-15-18(31)28-12-29-19(15)32(22(34)40-24(2,3)4)23(35)41-25(5,6)7/h12-14,16-17,20H,10-11H2,1-9H3/t14?,16-,17+,20-,27?/m1/s1. The third kappa shape index (κ3) is 5.35. The van der Waals surface area contributed by atoms with Crippen LogP contribution in [0, 0.1) is 5.92 Å². The van der Waals surface area contributed by atoms with E-state index in [-0.39, 0.29) is 29.6 Å². The second-order valence-corrected chi connectivity index (χ2v) is 12.8. The van der Waals surface area contributed by atoms with E-state index >= 15 is 0 Å². The van der Waals surface area contributed by atoms with Gasteiger partial charge in [-0.2, -0.15) is 4.90 Å². The van der Waals surface area contributed by atoms with Crippen molar-refractivity contribution in [1.29, 1.82) is 0 Å². The molecule has 41 heavy (non-hydrogen) atoms. The number of imide groups is 1. The number of carbonyl (C=O) groups is 3. The van der Waals surface area contributed by atoms with Gasteiger partial charge >= 0.3 is 18.2 Å². The molecule has 2 aromatic heterocycles. The molecule has 3 fully saturated rings. The van der Waals surface area contributed by atoms with Crippen LogP contribution in [0.4, 0.5) is 15.4 Å². The van der Waals surface area contributed by atoms with Gasteiger partial charge in [-0.05, 0) is 68.7 Å². The summed E-state index contributed by atoms with van der Waals surface area (Å²) in [6.45, 7) is 15.7. The molecule has 1 aliphatic carbocycles. The van der Waals surface area contributed by atoms with Crippen molar-refractivity contribution >= 4 is 35.1 Å². The van der Waals surface area contributed by atoms with Crippen LogP contribution in [0.5, 0.6) is 0 Å². The van der Waals surface area contributed by atoms with Crippen LogP contribution < -0.4 is 4.90 Å². The quantitative estimate of drug-likeness (QED) is 0.384. The number of rotatable bonds is 4. The normalized spacial score (nSPS) is 28.4. The molecule has 224 valence electrons. The summed E-state index contributed by atoms with van der Waals surface area (Å²) in [6, 6.07) is 0. The van der Waals surface area contributed by atoms with Crippen molar-refractivity contribution in [3.8, 4) is 0 Å². The molecule has 2 amide bonds. The largest absolute Gasteiger partial charge is 0.466 e. The highest BCUT2D eigenvalue weighted by Crippen LogP contribution is 2.62. The molecular weight excluding hydrogens is 538 g/mol. The molecule has 2 aromatic rings. The first kappa shape index (κ1) is 29.1. The van der Waals surface area contributed by atoms with Gasteiger partial charge in [-0.25, -0.2) is 24.5 Å². The first-order chi connectivity index (χ1) is 19.0. The molecule has 4 heterocycles. The van der Waals surface area contributed by atoms with Crippen LogP contribution in [0.2, 0.25) is 0 Å². The Labute approximate surface area is 237 Å². The van der Waals surface area contributed by atoms with Crippen LogP contribution in [-0.4, -0.2) is 79.1 Å². The Morgan fingerprint density at radius 1 is 1.00 bits per heavy atom. The summed E-state index contributed by atoms with van der Waals surface area (Å²) in [7, 11) is 0. The predicted octanol–water partition coefficient (Wildman–Crippen LogP) is 3.87. The number of anilines is 1. The summed E-state index contributed by atoms with van der Waals surface area (Å²) in [5.74, 6) is -1.91. The molecule has 0 N–H and O–H groups in total. The first-order valence-corrected chi connectivity index (χ1v) is 13.6. The summed E-state index contributed by atoms with van der Waals surface area (Å²) >= 11 is 0. The molecule has 2 unspecified atom stereocenters. The van der Waals surface area contributed by atoms with Crippen LogP contribution in [0.1, 0.15) is 75.0 Å². The van der Waals surface area contributed by atoms with E-state index in [1.165, 1.54) is 12.7 Å². The highest BCUT2D eigenvalue weighted by atomic mass is 16.8. The minimum atomic E-state index is -0.984. The summed E-state index contributed by atoms with van der Waals surface area (Å²) in [5.41, 5.74) is -2.36. The van der Waals surface area contributed by atoms with Gasteiger partial charge in [0, 0.05) is 0 Å². The van der Waals surface area contributed by atoms with E-state index in [4.69, 9.17) is 28.4 Å². The number of nitrogens with zero attached hydrogens (tertiary/aromatic N) is 5. The van der Waals surface area contributed by atoms with Gasteiger partial charge in [0.15, 0.2) is 29.0 Å². The van der Waals surface area contributed by atoms with Gasteiger partial charge in [-0.1, -0.05) is 0 Å². The third-order valence-corrected chi connectivity index (χ3v) is 6.73. The fourth-order valence-corrected chi connectivity index (χ4v) is 5.23. The van der Waals surface area contributed by atoms with Crippen molar-refractivity contribution in [3.05, 3.63) is 12.7 Å². The molecule has 1 saturated carbocycles. The number of carbonyl (C=O) groups excluding carboxylic acids is 3. The minimum Gasteiger partial charge on any atom is -0.466 e. The molecule has 14 heteroatoms. The lowest BCUT2D eigenvalue weighted by Crippen LogP contribution is -2.44. The summed E-state index contributed by atoms with van der Waals surface area (Å²) in [5, 5.41) is 0. The van der Waals surface area contributed by atoms with Gasteiger partial charge in [0.2, 0.25) is 0 Å². The zero-order valence-corrected chi connectivity index (χ0v) is 24.8. The monoisotopic (exact) mass is 575 g/mol. The zero-order valence-electron chi connectivity index (χ0n) is 24.8. The number of hydrogen-bond donors (Lipinski definition) is 0. The Morgan fingerprint density at radius 2 is 1.63 bits per heavy atom. The third-order valence-electron chi connectivity index (χ3n) is 6.73. The van der Waals surface area contributed by atoms with Gasteiger partial charge < -0.3 is 28.4 Å².